The molecule has 0 aliphatic heterocycles. The van der Waals surface area contributed by atoms with E-state index in [1.165, 1.54) is 38.5 Å². The zero-order valence-electron chi connectivity index (χ0n) is 22.0. The first kappa shape index (κ1) is 27.9. The molecule has 204 valence electrons. The fourth-order valence-corrected chi connectivity index (χ4v) is 3.96. The molecule has 4 aromatic carbocycles. The average Bonchev–Trinajstić information content (AvgIpc) is 3.00. The van der Waals surface area contributed by atoms with Crippen LogP contribution >= 0.6 is 0 Å². The maximum absolute atomic E-state index is 13.6. The summed E-state index contributed by atoms with van der Waals surface area (Å²) in [7, 11) is 3.02. The molecule has 8 nitrogen and oxygen atoms in total. The summed E-state index contributed by atoms with van der Waals surface area (Å²) in [5.74, 6) is -4.32. The van der Waals surface area contributed by atoms with E-state index in [0.717, 1.165) is 5.56 Å². The molecule has 0 amide bonds. The summed E-state index contributed by atoms with van der Waals surface area (Å²) in [6.45, 7) is -0.0449. The lowest BCUT2D eigenvalue weighted by Crippen LogP contribution is -2.40. The smallest absolute Gasteiger partial charge is 0.326 e. The van der Waals surface area contributed by atoms with Gasteiger partial charge in [0.15, 0.2) is 5.92 Å². The van der Waals surface area contributed by atoms with Gasteiger partial charge in [-0.25, -0.2) is 0 Å². The second-order valence-electron chi connectivity index (χ2n) is 8.65. The Hall–Kier alpha value is -5.11. The van der Waals surface area contributed by atoms with Crippen LogP contribution in [-0.2, 0) is 25.7 Å². The van der Waals surface area contributed by atoms with Crippen LogP contribution < -0.4 is 18.9 Å². The predicted octanol–water partition coefficient (Wildman–Crippen LogP) is 5.36. The van der Waals surface area contributed by atoms with E-state index in [2.05, 4.69) is 0 Å². The standard InChI is InChI=1S/C32H28O8/c1-36-24-13-17-26(18-14-24)39-31(34)29(32(35)40-27-19-15-25(37-2)16-20-27)28(23-11-7-4-8-12-23)30(33)38-21-22-9-5-3-6-10-22/h3-20,28-29H,21H2,1-2H3. The Morgan fingerprint density at radius 1 is 0.550 bits per heavy atom. The molecule has 0 aliphatic carbocycles. The minimum Gasteiger partial charge on any atom is -0.497 e. The topological polar surface area (TPSA) is 97.4 Å². The molecule has 0 heterocycles. The van der Waals surface area contributed by atoms with Crippen LogP contribution in [0, 0.1) is 5.92 Å². The maximum Gasteiger partial charge on any atom is 0.326 e. The molecule has 0 fully saturated rings. The highest BCUT2D eigenvalue weighted by molar-refractivity contribution is 6.02. The third kappa shape index (κ3) is 7.26. The van der Waals surface area contributed by atoms with Crippen molar-refractivity contribution in [2.75, 3.05) is 14.2 Å². The van der Waals surface area contributed by atoms with E-state index in [0.29, 0.717) is 17.1 Å². The molecule has 0 saturated heterocycles. The third-order valence-corrected chi connectivity index (χ3v) is 6.03. The Kier molecular flexibility index (Phi) is 9.50. The largest absolute Gasteiger partial charge is 0.497 e. The van der Waals surface area contributed by atoms with Gasteiger partial charge in [0.2, 0.25) is 0 Å². The summed E-state index contributed by atoms with van der Waals surface area (Å²) in [6.07, 6.45) is 0. The van der Waals surface area contributed by atoms with Crippen molar-refractivity contribution in [1.82, 2.24) is 0 Å². The molecule has 1 atom stereocenters. The molecular formula is C32H28O8. The minimum atomic E-state index is -1.69. The van der Waals surface area contributed by atoms with Crippen molar-refractivity contribution in [3.8, 4) is 23.0 Å². The molecule has 0 bridgehead atoms. The Labute approximate surface area is 232 Å². The predicted molar refractivity (Wildman–Crippen MR) is 146 cm³/mol. The van der Waals surface area contributed by atoms with Crippen LogP contribution in [0.5, 0.6) is 23.0 Å². The number of carbonyl (C=O) groups is 3. The van der Waals surface area contributed by atoms with Crippen LogP contribution in [0.25, 0.3) is 0 Å². The van der Waals surface area contributed by atoms with Gasteiger partial charge in [0.1, 0.15) is 35.5 Å². The quantitative estimate of drug-likeness (QED) is 0.143. The van der Waals surface area contributed by atoms with Crippen LogP contribution in [0.3, 0.4) is 0 Å². The van der Waals surface area contributed by atoms with Crippen molar-refractivity contribution >= 4 is 17.9 Å². The first-order valence-corrected chi connectivity index (χ1v) is 12.5. The van der Waals surface area contributed by atoms with E-state index in [9.17, 15) is 14.4 Å². The molecule has 0 spiro atoms. The summed E-state index contributed by atoms with van der Waals surface area (Å²) < 4.78 is 27.0. The van der Waals surface area contributed by atoms with Gasteiger partial charge in [-0.2, -0.15) is 0 Å². The van der Waals surface area contributed by atoms with Gasteiger partial charge in [0.25, 0.3) is 0 Å². The molecule has 0 aliphatic rings. The van der Waals surface area contributed by atoms with Crippen LogP contribution in [-0.4, -0.2) is 32.1 Å². The van der Waals surface area contributed by atoms with Crippen LogP contribution in [0.4, 0.5) is 0 Å². The lowest BCUT2D eigenvalue weighted by molar-refractivity contribution is -0.161. The molecule has 4 rings (SSSR count). The second kappa shape index (κ2) is 13.6. The highest BCUT2D eigenvalue weighted by atomic mass is 16.6. The average molecular weight is 541 g/mol. The summed E-state index contributed by atoms with van der Waals surface area (Å²) in [6, 6.07) is 30.1. The molecule has 1 unspecified atom stereocenters. The van der Waals surface area contributed by atoms with Crippen molar-refractivity contribution in [2.24, 2.45) is 5.92 Å². The number of rotatable bonds is 11. The van der Waals surface area contributed by atoms with Gasteiger partial charge in [-0.1, -0.05) is 60.7 Å². The number of ether oxygens (including phenoxy) is 5. The molecule has 8 heteroatoms. The van der Waals surface area contributed by atoms with Gasteiger partial charge in [-0.3, -0.25) is 14.4 Å². The molecule has 40 heavy (non-hydrogen) atoms. The SMILES string of the molecule is COc1ccc(OC(=O)C(C(=O)Oc2ccc(OC)cc2)C(C(=O)OCc2ccccc2)c2ccccc2)cc1. The number of benzene rings is 4. The number of carbonyl (C=O) groups excluding carboxylic acids is 3. The molecular weight excluding hydrogens is 512 g/mol. The monoisotopic (exact) mass is 540 g/mol. The molecule has 4 aromatic rings. The Morgan fingerprint density at radius 2 is 0.975 bits per heavy atom. The minimum absolute atomic E-state index is 0.0449. The highest BCUT2D eigenvalue weighted by Gasteiger charge is 2.44. The normalized spacial score (nSPS) is 11.3. The fraction of sp³-hybridized carbons (Fsp3) is 0.156. The zero-order chi connectivity index (χ0) is 28.3. The lowest BCUT2D eigenvalue weighted by Gasteiger charge is -2.23. The van der Waals surface area contributed by atoms with Crippen molar-refractivity contribution in [1.29, 1.82) is 0 Å². The van der Waals surface area contributed by atoms with E-state index >= 15 is 0 Å². The van der Waals surface area contributed by atoms with Gasteiger partial charge in [0, 0.05) is 0 Å². The first-order chi connectivity index (χ1) is 19.5. The number of hydrogen-bond donors (Lipinski definition) is 0. The summed E-state index contributed by atoms with van der Waals surface area (Å²) in [5, 5.41) is 0. The summed E-state index contributed by atoms with van der Waals surface area (Å²) >= 11 is 0. The van der Waals surface area contributed by atoms with Gasteiger partial charge >= 0.3 is 17.9 Å². The molecule has 0 radical (unpaired) electrons. The number of hydrogen-bond acceptors (Lipinski definition) is 8. The Morgan fingerprint density at radius 3 is 1.43 bits per heavy atom. The summed E-state index contributed by atoms with van der Waals surface area (Å²) in [5.41, 5.74) is 1.14. The highest BCUT2D eigenvalue weighted by Crippen LogP contribution is 2.31. The summed E-state index contributed by atoms with van der Waals surface area (Å²) in [4.78, 5) is 40.8. The van der Waals surface area contributed by atoms with E-state index in [-0.39, 0.29) is 18.1 Å². The van der Waals surface area contributed by atoms with Gasteiger partial charge in [-0.15, -0.1) is 0 Å². The van der Waals surface area contributed by atoms with Crippen molar-refractivity contribution in [3.63, 3.8) is 0 Å². The van der Waals surface area contributed by atoms with Crippen LogP contribution in [0.2, 0.25) is 0 Å². The first-order valence-electron chi connectivity index (χ1n) is 12.5. The van der Waals surface area contributed by atoms with Crippen LogP contribution in [0.1, 0.15) is 17.0 Å². The van der Waals surface area contributed by atoms with Crippen molar-refractivity contribution in [3.05, 3.63) is 120 Å². The van der Waals surface area contributed by atoms with Crippen molar-refractivity contribution in [2.45, 2.75) is 12.5 Å². The fourth-order valence-electron chi connectivity index (χ4n) is 3.96. The molecule has 0 N–H and O–H groups in total. The number of methoxy groups -OCH3 is 2. The van der Waals surface area contributed by atoms with E-state index in [1.54, 1.807) is 66.7 Å². The van der Waals surface area contributed by atoms with Gasteiger partial charge in [0.05, 0.1) is 14.2 Å². The maximum atomic E-state index is 13.6. The van der Waals surface area contributed by atoms with Gasteiger partial charge < -0.3 is 23.7 Å². The number of esters is 3. The van der Waals surface area contributed by atoms with Crippen LogP contribution in [0.15, 0.2) is 109 Å². The van der Waals surface area contributed by atoms with E-state index in [4.69, 9.17) is 23.7 Å². The van der Waals surface area contributed by atoms with E-state index in [1.807, 2.05) is 18.2 Å². The van der Waals surface area contributed by atoms with Gasteiger partial charge in [-0.05, 0) is 59.7 Å². The Bertz CT molecular complexity index is 1340. The zero-order valence-corrected chi connectivity index (χ0v) is 22.0. The molecule has 0 aromatic heterocycles. The van der Waals surface area contributed by atoms with E-state index < -0.39 is 29.7 Å². The lowest BCUT2D eigenvalue weighted by atomic mass is 9.85. The third-order valence-electron chi connectivity index (χ3n) is 6.03. The van der Waals surface area contributed by atoms with Crippen molar-refractivity contribution < 1.29 is 38.1 Å². The second-order valence-corrected chi connectivity index (χ2v) is 8.65. The molecule has 0 saturated carbocycles. The Balaban J connectivity index is 1.67.